The third-order valence-electron chi connectivity index (χ3n) is 6.95. The second-order valence-corrected chi connectivity index (χ2v) is 11.1. The number of ether oxygens (including phenoxy) is 1. The van der Waals surface area contributed by atoms with Crippen LogP contribution in [0.3, 0.4) is 0 Å². The summed E-state index contributed by atoms with van der Waals surface area (Å²) in [5.41, 5.74) is 5.73. The fourth-order valence-electron chi connectivity index (χ4n) is 5.02. The number of nitrogens with zero attached hydrogens (tertiary/aromatic N) is 2. The quantitative estimate of drug-likeness (QED) is 0.451. The largest absolute Gasteiger partial charge is 0.376 e. The molecule has 0 aromatic heterocycles. The minimum atomic E-state index is -0.460. The number of carbonyl (C=O) groups excluding carboxylic acids is 2. The van der Waals surface area contributed by atoms with Gasteiger partial charge in [0.25, 0.3) is 5.91 Å². The second kappa shape index (κ2) is 11.4. The summed E-state index contributed by atoms with van der Waals surface area (Å²) in [6.07, 6.45) is 2.24. The number of fused-ring (bicyclic) bond motifs is 1. The first-order chi connectivity index (χ1) is 18.3. The van der Waals surface area contributed by atoms with Crippen molar-refractivity contribution in [1.29, 1.82) is 0 Å². The lowest BCUT2D eigenvalue weighted by Crippen LogP contribution is -2.39. The molecular weight excluding hydrogens is 520 g/mol. The average molecular weight is 551 g/mol. The smallest absolute Gasteiger partial charge is 0.255 e. The summed E-state index contributed by atoms with van der Waals surface area (Å²) in [7, 11) is 0. The van der Waals surface area contributed by atoms with Gasteiger partial charge in [0.1, 0.15) is 0 Å². The molecule has 7 nitrogen and oxygen atoms in total. The average Bonchev–Trinajstić information content (AvgIpc) is 3.54. The molecule has 0 aliphatic carbocycles. The van der Waals surface area contributed by atoms with Crippen molar-refractivity contribution in [3.8, 4) is 0 Å². The van der Waals surface area contributed by atoms with E-state index in [2.05, 4.69) is 10.6 Å². The van der Waals surface area contributed by atoms with Crippen molar-refractivity contribution < 1.29 is 14.3 Å². The summed E-state index contributed by atoms with van der Waals surface area (Å²) in [6.45, 7) is 7.11. The predicted molar refractivity (Wildman–Crippen MR) is 153 cm³/mol. The van der Waals surface area contributed by atoms with E-state index >= 15 is 0 Å². The van der Waals surface area contributed by atoms with E-state index in [1.807, 2.05) is 73.5 Å². The first-order valence-corrected chi connectivity index (χ1v) is 14.0. The van der Waals surface area contributed by atoms with E-state index in [1.54, 1.807) is 0 Å². The molecule has 0 radical (unpaired) electrons. The number of hydrogen-bond acceptors (Lipinski definition) is 6. The number of nitrogens with one attached hydrogen (secondary N) is 2. The van der Waals surface area contributed by atoms with Crippen LogP contribution in [0.25, 0.3) is 0 Å². The maximum Gasteiger partial charge on any atom is 0.255 e. The Hall–Kier alpha value is -3.07. The number of allylic oxidation sites excluding steroid dienone is 1. The molecule has 0 spiro atoms. The van der Waals surface area contributed by atoms with Gasteiger partial charge in [0, 0.05) is 29.6 Å². The molecule has 38 heavy (non-hydrogen) atoms. The number of amides is 2. The fraction of sp³-hybridized carbons (Fsp3) is 0.345. The summed E-state index contributed by atoms with van der Waals surface area (Å²) in [4.78, 5) is 33.5. The van der Waals surface area contributed by atoms with Crippen molar-refractivity contribution in [2.75, 3.05) is 18.5 Å². The highest BCUT2D eigenvalue weighted by Gasteiger charge is 2.40. The number of amidine groups is 1. The SMILES string of the molecule is CC1=C(C(=O)Nc2ccc(C)cc2C)[C@@H](c2ccc(Cl)cc2)N2C(CC(=O)NC[C@@H]3CCCO3)=CSC2=N1. The zero-order chi connectivity index (χ0) is 26.8. The van der Waals surface area contributed by atoms with Gasteiger partial charge in [-0.3, -0.25) is 9.59 Å². The van der Waals surface area contributed by atoms with Crippen molar-refractivity contribution in [3.05, 3.63) is 86.6 Å². The monoisotopic (exact) mass is 550 g/mol. The molecule has 1 saturated heterocycles. The van der Waals surface area contributed by atoms with Crippen molar-refractivity contribution in [1.82, 2.24) is 10.2 Å². The molecule has 3 heterocycles. The molecule has 0 bridgehead atoms. The Morgan fingerprint density at radius 3 is 2.66 bits per heavy atom. The number of aliphatic imine (C=N–C) groups is 1. The summed E-state index contributed by atoms with van der Waals surface area (Å²) in [6, 6.07) is 13.0. The minimum absolute atomic E-state index is 0.0749. The molecule has 9 heteroatoms. The highest BCUT2D eigenvalue weighted by atomic mass is 35.5. The van der Waals surface area contributed by atoms with Crippen LogP contribution in [0.15, 0.2) is 69.8 Å². The van der Waals surface area contributed by atoms with E-state index in [0.29, 0.717) is 22.8 Å². The van der Waals surface area contributed by atoms with Crippen molar-refractivity contribution in [2.24, 2.45) is 4.99 Å². The number of anilines is 1. The van der Waals surface area contributed by atoms with E-state index in [1.165, 1.54) is 11.8 Å². The van der Waals surface area contributed by atoms with Gasteiger partial charge < -0.3 is 20.3 Å². The molecule has 2 atom stereocenters. The van der Waals surface area contributed by atoms with Crippen LogP contribution in [-0.4, -0.2) is 41.1 Å². The molecule has 2 aromatic carbocycles. The molecule has 198 valence electrons. The van der Waals surface area contributed by atoms with E-state index in [9.17, 15) is 9.59 Å². The number of halogens is 1. The van der Waals surface area contributed by atoms with E-state index in [4.69, 9.17) is 21.3 Å². The molecule has 2 aromatic rings. The van der Waals surface area contributed by atoms with Gasteiger partial charge in [0.15, 0.2) is 5.17 Å². The van der Waals surface area contributed by atoms with Gasteiger partial charge >= 0.3 is 0 Å². The Balaban J connectivity index is 1.43. The van der Waals surface area contributed by atoms with Crippen molar-refractivity contribution >= 4 is 46.0 Å². The minimum Gasteiger partial charge on any atom is -0.376 e. The van der Waals surface area contributed by atoms with Crippen LogP contribution >= 0.6 is 23.4 Å². The number of carbonyl (C=O) groups is 2. The summed E-state index contributed by atoms with van der Waals surface area (Å²) < 4.78 is 5.64. The molecule has 1 fully saturated rings. The number of hydrogen-bond donors (Lipinski definition) is 2. The normalized spacial score (nSPS) is 20.7. The summed E-state index contributed by atoms with van der Waals surface area (Å²) in [5.74, 6) is -0.313. The van der Waals surface area contributed by atoms with Crippen LogP contribution < -0.4 is 10.6 Å². The lowest BCUT2D eigenvalue weighted by atomic mass is 9.93. The number of rotatable bonds is 7. The standard InChI is InChI=1S/C29H31ClN4O3S/c1-17-6-11-24(18(2)13-17)33-28(36)26-19(3)32-29-34(27(26)20-7-9-21(30)10-8-20)22(16-38-29)14-25(35)31-15-23-5-4-12-37-23/h6-11,13,16,23,27H,4-5,12,14-15H2,1-3H3,(H,31,35)(H,33,36)/t23-,27+/m0/s1. The van der Waals surface area contributed by atoms with Gasteiger partial charge in [-0.1, -0.05) is 53.2 Å². The Morgan fingerprint density at radius 1 is 1.16 bits per heavy atom. The third-order valence-corrected chi connectivity index (χ3v) is 8.09. The maximum atomic E-state index is 13.8. The van der Waals surface area contributed by atoms with E-state index in [-0.39, 0.29) is 24.3 Å². The van der Waals surface area contributed by atoms with Crippen LogP contribution in [0.4, 0.5) is 5.69 Å². The highest BCUT2D eigenvalue weighted by molar-refractivity contribution is 8.16. The fourth-order valence-corrected chi connectivity index (χ4v) is 6.11. The first kappa shape index (κ1) is 26.5. The lowest BCUT2D eigenvalue weighted by Gasteiger charge is -2.36. The van der Waals surface area contributed by atoms with Crippen molar-refractivity contribution in [3.63, 3.8) is 0 Å². The molecule has 3 aliphatic rings. The van der Waals surface area contributed by atoms with Gasteiger partial charge in [-0.25, -0.2) is 4.99 Å². The Bertz CT molecular complexity index is 1350. The first-order valence-electron chi connectivity index (χ1n) is 12.8. The van der Waals surface area contributed by atoms with E-state index < -0.39 is 6.04 Å². The van der Waals surface area contributed by atoms with Crippen molar-refractivity contribution in [2.45, 2.75) is 52.2 Å². The van der Waals surface area contributed by atoms with Gasteiger partial charge in [0.05, 0.1) is 29.8 Å². The Labute approximate surface area is 232 Å². The molecule has 0 saturated carbocycles. The van der Waals surface area contributed by atoms with E-state index in [0.717, 1.165) is 52.7 Å². The van der Waals surface area contributed by atoms with Gasteiger partial charge in [-0.05, 0) is 68.3 Å². The van der Waals surface area contributed by atoms with Gasteiger partial charge in [-0.15, -0.1) is 0 Å². The maximum absolute atomic E-state index is 13.8. The van der Waals surface area contributed by atoms with Crippen LogP contribution in [0.1, 0.15) is 48.9 Å². The molecule has 2 N–H and O–H groups in total. The Kier molecular flexibility index (Phi) is 7.93. The Morgan fingerprint density at radius 2 is 1.95 bits per heavy atom. The molecule has 5 rings (SSSR count). The van der Waals surface area contributed by atoms with Crippen LogP contribution in [-0.2, 0) is 14.3 Å². The molecule has 3 aliphatic heterocycles. The van der Waals surface area contributed by atoms with Crippen LogP contribution in [0.5, 0.6) is 0 Å². The number of thioether (sulfide) groups is 1. The summed E-state index contributed by atoms with van der Waals surface area (Å²) >= 11 is 7.67. The van der Waals surface area contributed by atoms with Crippen LogP contribution in [0.2, 0.25) is 5.02 Å². The van der Waals surface area contributed by atoms with Crippen LogP contribution in [0, 0.1) is 13.8 Å². The lowest BCUT2D eigenvalue weighted by molar-refractivity contribution is -0.121. The topological polar surface area (TPSA) is 83.0 Å². The zero-order valence-electron chi connectivity index (χ0n) is 21.7. The third kappa shape index (κ3) is 5.67. The zero-order valence-corrected chi connectivity index (χ0v) is 23.3. The second-order valence-electron chi connectivity index (χ2n) is 9.83. The predicted octanol–water partition coefficient (Wildman–Crippen LogP) is 5.86. The number of benzene rings is 2. The summed E-state index contributed by atoms with van der Waals surface area (Å²) in [5, 5.41) is 9.41. The molecular formula is C29H31ClN4O3S. The molecule has 0 unspecified atom stereocenters. The highest BCUT2D eigenvalue weighted by Crippen LogP contribution is 2.45. The van der Waals surface area contributed by atoms with Gasteiger partial charge in [-0.2, -0.15) is 0 Å². The van der Waals surface area contributed by atoms with Gasteiger partial charge in [0.2, 0.25) is 5.91 Å². The number of aryl methyl sites for hydroxylation is 2. The molecule has 2 amide bonds.